The summed E-state index contributed by atoms with van der Waals surface area (Å²) in [6.07, 6.45) is 1.31. The second kappa shape index (κ2) is 14.8. The zero-order valence-electron chi connectivity index (χ0n) is 25.5. The van der Waals surface area contributed by atoms with E-state index in [4.69, 9.17) is 26.4 Å². The van der Waals surface area contributed by atoms with E-state index in [0.717, 1.165) is 5.56 Å². The molecule has 1 aliphatic rings. The molecule has 1 aromatic heterocycles. The van der Waals surface area contributed by atoms with Crippen LogP contribution in [0.3, 0.4) is 0 Å². The summed E-state index contributed by atoms with van der Waals surface area (Å²) >= 11 is 5.70. The monoisotopic (exact) mass is 637 g/mol. The van der Waals surface area contributed by atoms with E-state index in [1.807, 2.05) is 24.3 Å². The molecule has 0 aliphatic carbocycles. The number of alkyl carbamates (subject to hydrolysis) is 1. The predicted molar refractivity (Wildman–Crippen MR) is 171 cm³/mol. The molecular formula is C32H36FN5O6S. The van der Waals surface area contributed by atoms with Crippen LogP contribution in [0.1, 0.15) is 32.8 Å². The minimum Gasteiger partial charge on any atom is -0.495 e. The van der Waals surface area contributed by atoms with E-state index >= 15 is 0 Å². The fourth-order valence-electron chi connectivity index (χ4n) is 4.50. The van der Waals surface area contributed by atoms with Gasteiger partial charge in [-0.2, -0.15) is 0 Å². The summed E-state index contributed by atoms with van der Waals surface area (Å²) < 4.78 is 29.6. The minimum atomic E-state index is -0.874. The van der Waals surface area contributed by atoms with Crippen molar-refractivity contribution in [1.82, 2.24) is 15.2 Å². The highest BCUT2D eigenvalue weighted by molar-refractivity contribution is 7.80. The van der Waals surface area contributed by atoms with E-state index in [-0.39, 0.29) is 30.6 Å². The first-order valence-corrected chi connectivity index (χ1v) is 14.7. The summed E-state index contributed by atoms with van der Waals surface area (Å²) in [6.45, 7) is 6.27. The van der Waals surface area contributed by atoms with Crippen molar-refractivity contribution in [1.29, 1.82) is 0 Å². The number of hydrogen-bond donors (Lipinski definition) is 2. The highest BCUT2D eigenvalue weighted by Gasteiger charge is 2.44. The second-order valence-corrected chi connectivity index (χ2v) is 11.5. The molecule has 238 valence electrons. The molecule has 13 heteroatoms. The van der Waals surface area contributed by atoms with Crippen LogP contribution in [0, 0.1) is 5.82 Å². The number of carbonyl (C=O) groups excluding carboxylic acids is 3. The number of benzene rings is 2. The van der Waals surface area contributed by atoms with Crippen LogP contribution in [0.5, 0.6) is 11.5 Å². The van der Waals surface area contributed by atoms with Gasteiger partial charge in [-0.05, 0) is 93.5 Å². The molecule has 1 saturated heterocycles. The maximum atomic E-state index is 13.6. The first kappa shape index (κ1) is 33.1. The lowest BCUT2D eigenvalue weighted by Gasteiger charge is -2.24. The Bertz CT molecular complexity index is 1500. The normalized spacial score (nSPS) is 14.7. The molecule has 0 bridgehead atoms. The van der Waals surface area contributed by atoms with Gasteiger partial charge in [-0.3, -0.25) is 14.5 Å². The quantitative estimate of drug-likeness (QED) is 0.215. The average molecular weight is 638 g/mol. The topological polar surface area (TPSA) is 122 Å². The molecule has 11 nitrogen and oxygen atoms in total. The number of halogens is 1. The van der Waals surface area contributed by atoms with Crippen LogP contribution in [0.2, 0.25) is 0 Å². The van der Waals surface area contributed by atoms with Gasteiger partial charge in [0.25, 0.3) is 5.91 Å². The van der Waals surface area contributed by atoms with E-state index < -0.39 is 29.5 Å². The van der Waals surface area contributed by atoms with Gasteiger partial charge >= 0.3 is 6.09 Å². The van der Waals surface area contributed by atoms with Gasteiger partial charge in [0.05, 0.1) is 32.0 Å². The van der Waals surface area contributed by atoms with Crippen LogP contribution in [0.25, 0.3) is 0 Å². The van der Waals surface area contributed by atoms with Crippen LogP contribution in [-0.4, -0.2) is 71.4 Å². The summed E-state index contributed by atoms with van der Waals surface area (Å²) in [5.41, 5.74) is 0.793. The Morgan fingerprint density at radius 3 is 2.33 bits per heavy atom. The van der Waals surface area contributed by atoms with Crippen molar-refractivity contribution in [2.45, 2.75) is 45.3 Å². The van der Waals surface area contributed by atoms with Gasteiger partial charge in [0, 0.05) is 6.54 Å². The molecule has 1 fully saturated rings. The molecule has 1 aliphatic heterocycles. The molecule has 0 saturated carbocycles. The Morgan fingerprint density at radius 1 is 1.02 bits per heavy atom. The number of thiocarbonyl (C=S) groups is 1. The number of hydrogen-bond acceptors (Lipinski definition) is 8. The number of ether oxygens (including phenoxy) is 3. The van der Waals surface area contributed by atoms with Gasteiger partial charge in [0.2, 0.25) is 5.91 Å². The standard InChI is InChI=1S/C32H36FN5O6S/c1-32(2,3)44-30(41)34-16-18-43-24-11-5-21(6-12-24)15-17-37-26(19-28(39)36-27-14-13-25(42-4)20-35-27)29(40)38(31(37)45)23-9-7-22(33)8-10-23/h5-14,20,26H,15-19H2,1-4H3,(H,34,41)(H,35,36,39). The van der Waals surface area contributed by atoms with E-state index in [0.29, 0.717) is 36.0 Å². The molecule has 1 atom stereocenters. The Morgan fingerprint density at radius 2 is 1.71 bits per heavy atom. The highest BCUT2D eigenvalue weighted by atomic mass is 32.1. The third-order valence-corrected chi connectivity index (χ3v) is 7.04. The number of methoxy groups -OCH3 is 1. The number of pyridine rings is 1. The van der Waals surface area contributed by atoms with E-state index in [9.17, 15) is 18.8 Å². The van der Waals surface area contributed by atoms with Gasteiger partial charge in [0.15, 0.2) is 5.11 Å². The van der Waals surface area contributed by atoms with Crippen LogP contribution in [-0.2, 0) is 20.7 Å². The van der Waals surface area contributed by atoms with E-state index in [1.54, 1.807) is 37.8 Å². The van der Waals surface area contributed by atoms with Crippen molar-refractivity contribution in [2.24, 2.45) is 0 Å². The molecular weight excluding hydrogens is 601 g/mol. The van der Waals surface area contributed by atoms with E-state index in [2.05, 4.69) is 15.6 Å². The number of nitrogens with zero attached hydrogens (tertiary/aromatic N) is 3. The summed E-state index contributed by atoms with van der Waals surface area (Å²) in [7, 11) is 1.52. The highest BCUT2D eigenvalue weighted by Crippen LogP contribution is 2.28. The van der Waals surface area contributed by atoms with Gasteiger partial charge in [-0.1, -0.05) is 12.1 Å². The first-order valence-electron chi connectivity index (χ1n) is 14.3. The van der Waals surface area contributed by atoms with E-state index in [1.165, 1.54) is 42.5 Å². The van der Waals surface area contributed by atoms with Gasteiger partial charge in [-0.15, -0.1) is 0 Å². The van der Waals surface area contributed by atoms with Crippen LogP contribution in [0.15, 0.2) is 66.9 Å². The number of rotatable bonds is 12. The maximum Gasteiger partial charge on any atom is 0.407 e. The fraction of sp³-hybridized carbons (Fsp3) is 0.344. The largest absolute Gasteiger partial charge is 0.495 e. The molecule has 2 aromatic carbocycles. The zero-order valence-corrected chi connectivity index (χ0v) is 26.4. The van der Waals surface area contributed by atoms with Crippen LogP contribution in [0.4, 0.5) is 20.7 Å². The number of amides is 3. The van der Waals surface area contributed by atoms with Gasteiger partial charge < -0.3 is 29.7 Å². The van der Waals surface area contributed by atoms with Gasteiger partial charge in [0.1, 0.15) is 41.4 Å². The third kappa shape index (κ3) is 9.35. The molecule has 3 amide bonds. The zero-order chi connectivity index (χ0) is 32.6. The third-order valence-electron chi connectivity index (χ3n) is 6.63. The molecule has 0 radical (unpaired) electrons. The molecule has 3 aromatic rings. The van der Waals surface area contributed by atoms with Crippen molar-refractivity contribution in [3.63, 3.8) is 0 Å². The molecule has 4 rings (SSSR count). The van der Waals surface area contributed by atoms with Crippen molar-refractivity contribution in [3.8, 4) is 11.5 Å². The second-order valence-electron chi connectivity index (χ2n) is 11.1. The average Bonchev–Trinajstić information content (AvgIpc) is 3.22. The van der Waals surface area contributed by atoms with Gasteiger partial charge in [-0.25, -0.2) is 14.2 Å². The number of carbonyl (C=O) groups is 3. The fourth-order valence-corrected chi connectivity index (χ4v) is 4.91. The van der Waals surface area contributed by atoms with Crippen molar-refractivity contribution in [3.05, 3.63) is 78.2 Å². The first-order chi connectivity index (χ1) is 21.4. The lowest BCUT2D eigenvalue weighted by molar-refractivity contribution is -0.124. The van der Waals surface area contributed by atoms with Crippen molar-refractivity contribution in [2.75, 3.05) is 37.0 Å². The lowest BCUT2D eigenvalue weighted by atomic mass is 10.1. The number of anilines is 2. The number of nitrogens with one attached hydrogen (secondary N) is 2. The summed E-state index contributed by atoms with van der Waals surface area (Å²) in [4.78, 5) is 45.6. The lowest BCUT2D eigenvalue weighted by Crippen LogP contribution is -2.39. The minimum absolute atomic E-state index is 0.172. The van der Waals surface area contributed by atoms with Crippen LogP contribution < -0.4 is 25.0 Å². The predicted octanol–water partition coefficient (Wildman–Crippen LogP) is 4.71. The summed E-state index contributed by atoms with van der Waals surface area (Å²) in [5.74, 6) is 0.248. The maximum absolute atomic E-state index is 13.6. The Balaban J connectivity index is 1.38. The molecule has 1 unspecified atom stereocenters. The Labute approximate surface area is 266 Å². The molecule has 0 spiro atoms. The Kier molecular flexibility index (Phi) is 10.9. The van der Waals surface area contributed by atoms with Crippen LogP contribution >= 0.6 is 12.2 Å². The molecule has 2 heterocycles. The summed E-state index contributed by atoms with van der Waals surface area (Å²) in [5, 5.41) is 5.58. The van der Waals surface area contributed by atoms with Crippen molar-refractivity contribution < 1.29 is 33.0 Å². The smallest absolute Gasteiger partial charge is 0.407 e. The molecule has 45 heavy (non-hydrogen) atoms. The SMILES string of the molecule is COc1ccc(NC(=O)CC2C(=O)N(c3ccc(F)cc3)C(=S)N2CCc2ccc(OCCNC(=O)OC(C)(C)C)cc2)nc1. The number of aromatic nitrogens is 1. The molecule has 2 N–H and O–H groups in total. The summed E-state index contributed by atoms with van der Waals surface area (Å²) in [6, 6.07) is 15.3. The van der Waals surface area contributed by atoms with Crippen molar-refractivity contribution >= 4 is 46.7 Å². The Hall–Kier alpha value is -4.78.